The summed E-state index contributed by atoms with van der Waals surface area (Å²) in [5, 5.41) is 40.6. The number of aromatic carboxylic acids is 1. The summed E-state index contributed by atoms with van der Waals surface area (Å²) >= 11 is 1.44. The van der Waals surface area contributed by atoms with Crippen molar-refractivity contribution in [2.45, 2.75) is 18.9 Å². The standard InChI is InChI=1S/C17H17BN4O5S/c23-16(8-13-5-2-6-28-13)19-15(18(26)27)10-22-9-14(20-21-22)11-3-1-4-12(7-11)17(24)25/h1-7,9,15,26-27H,8,10H2,(H,19,23)(H,24,25). The second-order valence-corrected chi connectivity index (χ2v) is 7.09. The van der Waals surface area contributed by atoms with Crippen LogP contribution in [-0.4, -0.2) is 55.1 Å². The number of carboxylic acid groups (broad SMARTS) is 1. The molecule has 0 saturated heterocycles. The van der Waals surface area contributed by atoms with E-state index in [2.05, 4.69) is 15.6 Å². The summed E-state index contributed by atoms with van der Waals surface area (Å²) in [7, 11) is -1.78. The third-order valence-electron chi connectivity index (χ3n) is 3.95. The number of amides is 1. The second kappa shape index (κ2) is 8.78. The molecular weight excluding hydrogens is 383 g/mol. The predicted molar refractivity (Wildman–Crippen MR) is 103 cm³/mol. The fourth-order valence-corrected chi connectivity index (χ4v) is 3.28. The van der Waals surface area contributed by atoms with Crippen LogP contribution in [0.4, 0.5) is 0 Å². The molecule has 2 heterocycles. The Balaban J connectivity index is 1.68. The van der Waals surface area contributed by atoms with Crippen molar-refractivity contribution in [3.05, 3.63) is 58.4 Å². The zero-order valence-corrected chi connectivity index (χ0v) is 15.4. The van der Waals surface area contributed by atoms with Crippen molar-refractivity contribution in [1.82, 2.24) is 20.3 Å². The Morgan fingerprint density at radius 3 is 2.75 bits per heavy atom. The van der Waals surface area contributed by atoms with Gasteiger partial charge in [-0.1, -0.05) is 23.4 Å². The number of hydrogen-bond donors (Lipinski definition) is 4. The molecule has 0 saturated carbocycles. The molecule has 0 aliphatic rings. The highest BCUT2D eigenvalue weighted by molar-refractivity contribution is 7.10. The van der Waals surface area contributed by atoms with E-state index in [4.69, 9.17) is 5.11 Å². The second-order valence-electron chi connectivity index (χ2n) is 6.06. The molecule has 4 N–H and O–H groups in total. The molecule has 3 aromatic rings. The van der Waals surface area contributed by atoms with Crippen LogP contribution >= 0.6 is 11.3 Å². The predicted octanol–water partition coefficient (Wildman–Crippen LogP) is 0.444. The lowest BCUT2D eigenvalue weighted by Crippen LogP contribution is -2.49. The van der Waals surface area contributed by atoms with Gasteiger partial charge in [-0.25, -0.2) is 4.79 Å². The first kappa shape index (κ1) is 19.7. The van der Waals surface area contributed by atoms with E-state index in [9.17, 15) is 19.6 Å². The minimum absolute atomic E-state index is 0.0144. The van der Waals surface area contributed by atoms with E-state index in [-0.39, 0.29) is 24.4 Å². The smallest absolute Gasteiger partial charge is 0.477 e. The van der Waals surface area contributed by atoms with E-state index in [1.54, 1.807) is 18.3 Å². The summed E-state index contributed by atoms with van der Waals surface area (Å²) in [5.74, 6) is -2.37. The van der Waals surface area contributed by atoms with Gasteiger partial charge >= 0.3 is 13.1 Å². The summed E-state index contributed by atoms with van der Waals surface area (Å²) in [6.45, 7) is -0.0144. The van der Waals surface area contributed by atoms with E-state index < -0.39 is 19.0 Å². The molecule has 0 aliphatic carbocycles. The Labute approximate surface area is 164 Å². The molecule has 0 radical (unpaired) electrons. The molecule has 2 aromatic heterocycles. The van der Waals surface area contributed by atoms with Gasteiger partial charge in [-0.15, -0.1) is 16.4 Å². The topological polar surface area (TPSA) is 138 Å². The van der Waals surface area contributed by atoms with Gasteiger partial charge in [0.05, 0.1) is 30.7 Å². The van der Waals surface area contributed by atoms with Crippen molar-refractivity contribution in [2.24, 2.45) is 0 Å². The quantitative estimate of drug-likeness (QED) is 0.403. The van der Waals surface area contributed by atoms with Crippen LogP contribution in [0, 0.1) is 0 Å². The van der Waals surface area contributed by atoms with Crippen LogP contribution in [0.3, 0.4) is 0 Å². The molecule has 9 nitrogen and oxygen atoms in total. The van der Waals surface area contributed by atoms with Crippen molar-refractivity contribution in [3.8, 4) is 11.3 Å². The van der Waals surface area contributed by atoms with Crippen molar-refractivity contribution in [3.63, 3.8) is 0 Å². The molecule has 3 rings (SSSR count). The average molecular weight is 400 g/mol. The average Bonchev–Trinajstić information content (AvgIpc) is 3.33. The minimum Gasteiger partial charge on any atom is -0.478 e. The monoisotopic (exact) mass is 400 g/mol. The van der Waals surface area contributed by atoms with Crippen LogP contribution in [0.2, 0.25) is 0 Å². The lowest BCUT2D eigenvalue weighted by molar-refractivity contribution is -0.120. The Kier molecular flexibility index (Phi) is 6.19. The largest absolute Gasteiger partial charge is 0.478 e. The van der Waals surface area contributed by atoms with E-state index >= 15 is 0 Å². The van der Waals surface area contributed by atoms with Crippen molar-refractivity contribution < 1.29 is 24.7 Å². The van der Waals surface area contributed by atoms with Crippen LogP contribution in [0.1, 0.15) is 15.2 Å². The molecule has 144 valence electrons. The highest BCUT2D eigenvalue weighted by Crippen LogP contribution is 2.18. The molecule has 0 spiro atoms. The van der Waals surface area contributed by atoms with Gasteiger partial charge in [0, 0.05) is 10.4 Å². The van der Waals surface area contributed by atoms with Gasteiger partial charge in [0.15, 0.2) is 0 Å². The number of nitrogens with zero attached hydrogens (tertiary/aromatic N) is 3. The maximum atomic E-state index is 12.1. The Morgan fingerprint density at radius 2 is 2.07 bits per heavy atom. The summed E-state index contributed by atoms with van der Waals surface area (Å²) in [6.07, 6.45) is 1.69. The number of carbonyl (C=O) groups is 2. The third kappa shape index (κ3) is 5.03. The fourth-order valence-electron chi connectivity index (χ4n) is 2.58. The van der Waals surface area contributed by atoms with Gasteiger partial charge < -0.3 is 20.5 Å². The van der Waals surface area contributed by atoms with Crippen LogP contribution in [0.25, 0.3) is 11.3 Å². The minimum atomic E-state index is -1.78. The first-order chi connectivity index (χ1) is 13.4. The highest BCUT2D eigenvalue weighted by atomic mass is 32.1. The summed E-state index contributed by atoms with van der Waals surface area (Å²) in [4.78, 5) is 24.1. The number of benzene rings is 1. The SMILES string of the molecule is O=C(Cc1cccs1)NC(Cn1cc(-c2cccc(C(=O)O)c2)nn1)B(O)O. The summed E-state index contributed by atoms with van der Waals surface area (Å²) < 4.78 is 1.36. The molecule has 0 aliphatic heterocycles. The Morgan fingerprint density at radius 1 is 1.25 bits per heavy atom. The lowest BCUT2D eigenvalue weighted by atomic mass is 9.79. The molecule has 0 bridgehead atoms. The molecular formula is C17H17BN4O5S. The van der Waals surface area contributed by atoms with Gasteiger partial charge in [-0.3, -0.25) is 9.48 Å². The fraction of sp³-hybridized carbons (Fsp3) is 0.176. The van der Waals surface area contributed by atoms with E-state index in [0.717, 1.165) is 4.88 Å². The van der Waals surface area contributed by atoms with Crippen LogP contribution < -0.4 is 5.32 Å². The number of thiophene rings is 1. The van der Waals surface area contributed by atoms with Crippen molar-refractivity contribution in [1.29, 1.82) is 0 Å². The maximum Gasteiger partial charge on any atom is 0.477 e. The van der Waals surface area contributed by atoms with Crippen LogP contribution in [0.5, 0.6) is 0 Å². The number of carbonyl (C=O) groups excluding carboxylic acids is 1. The summed E-state index contributed by atoms with van der Waals surface area (Å²) in [5.41, 5.74) is 1.12. The van der Waals surface area contributed by atoms with Crippen molar-refractivity contribution >= 4 is 30.3 Å². The number of rotatable bonds is 8. The first-order valence-corrected chi connectivity index (χ1v) is 9.22. The number of aromatic nitrogens is 3. The lowest BCUT2D eigenvalue weighted by Gasteiger charge is -2.17. The first-order valence-electron chi connectivity index (χ1n) is 8.34. The van der Waals surface area contributed by atoms with Gasteiger partial charge in [0.2, 0.25) is 5.91 Å². The maximum absolute atomic E-state index is 12.1. The number of hydrogen-bond acceptors (Lipinski definition) is 7. The molecule has 28 heavy (non-hydrogen) atoms. The summed E-state index contributed by atoms with van der Waals surface area (Å²) in [6, 6.07) is 9.89. The van der Waals surface area contributed by atoms with Gasteiger partial charge in [-0.05, 0) is 23.6 Å². The van der Waals surface area contributed by atoms with Gasteiger partial charge in [0.25, 0.3) is 0 Å². The number of carboxylic acids is 1. The van der Waals surface area contributed by atoms with Gasteiger partial charge in [-0.2, -0.15) is 0 Å². The van der Waals surface area contributed by atoms with E-state index in [1.807, 2.05) is 17.5 Å². The van der Waals surface area contributed by atoms with E-state index in [1.165, 1.54) is 28.2 Å². The Bertz CT molecular complexity index is 960. The number of nitrogens with one attached hydrogen (secondary N) is 1. The molecule has 11 heteroatoms. The molecule has 1 unspecified atom stereocenters. The van der Waals surface area contributed by atoms with E-state index in [0.29, 0.717) is 11.3 Å². The Hall–Kier alpha value is -3.02. The van der Waals surface area contributed by atoms with Crippen LogP contribution in [0.15, 0.2) is 48.0 Å². The zero-order chi connectivity index (χ0) is 20.1. The molecule has 1 amide bonds. The molecule has 1 atom stereocenters. The van der Waals surface area contributed by atoms with Gasteiger partial charge in [0.1, 0.15) is 5.69 Å². The third-order valence-corrected chi connectivity index (χ3v) is 4.83. The highest BCUT2D eigenvalue weighted by Gasteiger charge is 2.26. The molecule has 1 aromatic carbocycles. The normalized spacial score (nSPS) is 11.8. The zero-order valence-electron chi connectivity index (χ0n) is 14.6. The molecule has 0 fully saturated rings. The van der Waals surface area contributed by atoms with Crippen LogP contribution in [-0.2, 0) is 17.8 Å². The van der Waals surface area contributed by atoms with Crippen molar-refractivity contribution in [2.75, 3.05) is 0 Å².